The van der Waals surface area contributed by atoms with Gasteiger partial charge < -0.3 is 5.32 Å². The van der Waals surface area contributed by atoms with Gasteiger partial charge in [-0.05, 0) is 59.9 Å². The number of hydrogen-bond acceptors (Lipinski definition) is 1. The minimum atomic E-state index is 0.955. The Hall–Kier alpha value is -2.28. The van der Waals surface area contributed by atoms with Crippen LogP contribution in [-0.4, -0.2) is 6.54 Å². The van der Waals surface area contributed by atoms with E-state index in [0.717, 1.165) is 13.0 Å². The van der Waals surface area contributed by atoms with E-state index in [0.29, 0.717) is 0 Å². The SMILES string of the molecule is Cc1cc(C)cc(NCCc2cccc3ccccc23)c1. The van der Waals surface area contributed by atoms with Crippen LogP contribution in [0.1, 0.15) is 16.7 Å². The van der Waals surface area contributed by atoms with Gasteiger partial charge in [0, 0.05) is 12.2 Å². The van der Waals surface area contributed by atoms with Crippen LogP contribution in [-0.2, 0) is 6.42 Å². The molecule has 1 nitrogen and oxygen atoms in total. The highest BCUT2D eigenvalue weighted by molar-refractivity contribution is 5.85. The number of anilines is 1. The smallest absolute Gasteiger partial charge is 0.0345 e. The van der Waals surface area contributed by atoms with Crippen molar-refractivity contribution >= 4 is 16.5 Å². The van der Waals surface area contributed by atoms with Gasteiger partial charge in [-0.15, -0.1) is 0 Å². The Morgan fingerprint density at radius 2 is 1.52 bits per heavy atom. The van der Waals surface area contributed by atoms with E-state index in [1.807, 2.05) is 0 Å². The van der Waals surface area contributed by atoms with Gasteiger partial charge in [-0.1, -0.05) is 48.5 Å². The summed E-state index contributed by atoms with van der Waals surface area (Å²) in [6.45, 7) is 5.24. The van der Waals surface area contributed by atoms with Gasteiger partial charge in [-0.3, -0.25) is 0 Å². The first-order valence-electron chi connectivity index (χ1n) is 7.51. The van der Waals surface area contributed by atoms with Crippen LogP contribution in [0.5, 0.6) is 0 Å². The van der Waals surface area contributed by atoms with E-state index >= 15 is 0 Å². The van der Waals surface area contributed by atoms with Gasteiger partial charge in [0.2, 0.25) is 0 Å². The molecule has 0 radical (unpaired) electrons. The summed E-state index contributed by atoms with van der Waals surface area (Å²) >= 11 is 0. The normalized spacial score (nSPS) is 10.8. The molecule has 1 heteroatoms. The third-order valence-corrected chi connectivity index (χ3v) is 3.83. The maximum Gasteiger partial charge on any atom is 0.0345 e. The van der Waals surface area contributed by atoms with Crippen molar-refractivity contribution in [2.75, 3.05) is 11.9 Å². The number of nitrogens with one attached hydrogen (secondary N) is 1. The summed E-state index contributed by atoms with van der Waals surface area (Å²) in [7, 11) is 0. The standard InChI is InChI=1S/C20H21N/c1-15-12-16(2)14-19(13-15)21-11-10-18-8-5-7-17-6-3-4-9-20(17)18/h3-9,12-14,21H,10-11H2,1-2H3. The highest BCUT2D eigenvalue weighted by atomic mass is 14.9. The number of benzene rings is 3. The van der Waals surface area contributed by atoms with Crippen LogP contribution in [0, 0.1) is 13.8 Å². The predicted octanol–water partition coefficient (Wildman–Crippen LogP) is 5.11. The second kappa shape index (κ2) is 6.01. The van der Waals surface area contributed by atoms with Crippen LogP contribution in [0.25, 0.3) is 10.8 Å². The van der Waals surface area contributed by atoms with Crippen molar-refractivity contribution in [3.8, 4) is 0 Å². The highest BCUT2D eigenvalue weighted by Gasteiger charge is 2.00. The molecule has 0 spiro atoms. The molecule has 3 aromatic rings. The fourth-order valence-electron chi connectivity index (χ4n) is 2.93. The third kappa shape index (κ3) is 3.25. The molecule has 0 unspecified atom stereocenters. The van der Waals surface area contributed by atoms with Crippen molar-refractivity contribution in [3.63, 3.8) is 0 Å². The lowest BCUT2D eigenvalue weighted by Crippen LogP contribution is -2.05. The maximum absolute atomic E-state index is 3.54. The van der Waals surface area contributed by atoms with Gasteiger partial charge in [0.25, 0.3) is 0 Å². The highest BCUT2D eigenvalue weighted by Crippen LogP contribution is 2.19. The molecule has 0 aliphatic heterocycles. The zero-order valence-corrected chi connectivity index (χ0v) is 12.7. The Balaban J connectivity index is 1.72. The monoisotopic (exact) mass is 275 g/mol. The first-order chi connectivity index (χ1) is 10.2. The molecule has 0 fully saturated rings. The summed E-state index contributed by atoms with van der Waals surface area (Å²) in [4.78, 5) is 0. The Labute approximate surface area is 126 Å². The van der Waals surface area contributed by atoms with E-state index in [1.165, 1.54) is 33.2 Å². The molecule has 0 aliphatic carbocycles. The minimum absolute atomic E-state index is 0.955. The zero-order valence-electron chi connectivity index (χ0n) is 12.7. The van der Waals surface area contributed by atoms with Gasteiger partial charge in [-0.2, -0.15) is 0 Å². The molecular formula is C20H21N. The van der Waals surface area contributed by atoms with E-state index in [-0.39, 0.29) is 0 Å². The van der Waals surface area contributed by atoms with E-state index in [2.05, 4.69) is 79.8 Å². The summed E-state index contributed by atoms with van der Waals surface area (Å²) in [6.07, 6.45) is 1.04. The summed E-state index contributed by atoms with van der Waals surface area (Å²) in [6, 6.07) is 21.8. The van der Waals surface area contributed by atoms with E-state index < -0.39 is 0 Å². The fourth-order valence-corrected chi connectivity index (χ4v) is 2.93. The van der Waals surface area contributed by atoms with Crippen molar-refractivity contribution in [2.24, 2.45) is 0 Å². The molecular weight excluding hydrogens is 254 g/mol. The first-order valence-corrected chi connectivity index (χ1v) is 7.51. The van der Waals surface area contributed by atoms with Crippen molar-refractivity contribution in [2.45, 2.75) is 20.3 Å². The van der Waals surface area contributed by atoms with Crippen molar-refractivity contribution in [1.82, 2.24) is 0 Å². The van der Waals surface area contributed by atoms with Gasteiger partial charge >= 0.3 is 0 Å². The third-order valence-electron chi connectivity index (χ3n) is 3.83. The van der Waals surface area contributed by atoms with Gasteiger partial charge in [0.15, 0.2) is 0 Å². The van der Waals surface area contributed by atoms with E-state index in [1.54, 1.807) is 0 Å². The molecule has 3 aromatic carbocycles. The van der Waals surface area contributed by atoms with Crippen molar-refractivity contribution in [1.29, 1.82) is 0 Å². The molecule has 0 heterocycles. The minimum Gasteiger partial charge on any atom is -0.385 e. The molecule has 0 aliphatic rings. The second-order valence-corrected chi connectivity index (χ2v) is 5.69. The zero-order chi connectivity index (χ0) is 14.7. The number of aryl methyl sites for hydroxylation is 2. The summed E-state index contributed by atoms with van der Waals surface area (Å²) < 4.78 is 0. The van der Waals surface area contributed by atoms with Gasteiger partial charge in [0.05, 0.1) is 0 Å². The molecule has 1 N–H and O–H groups in total. The van der Waals surface area contributed by atoms with Crippen LogP contribution in [0.2, 0.25) is 0 Å². The molecule has 3 rings (SSSR count). The lowest BCUT2D eigenvalue weighted by atomic mass is 10.0. The lowest BCUT2D eigenvalue weighted by molar-refractivity contribution is 1.03. The second-order valence-electron chi connectivity index (χ2n) is 5.69. The van der Waals surface area contributed by atoms with Crippen LogP contribution in [0.15, 0.2) is 60.7 Å². The molecule has 0 saturated carbocycles. The van der Waals surface area contributed by atoms with Crippen molar-refractivity contribution < 1.29 is 0 Å². The molecule has 21 heavy (non-hydrogen) atoms. The molecule has 106 valence electrons. The Bertz CT molecular complexity index is 733. The Morgan fingerprint density at radius 1 is 0.810 bits per heavy atom. The van der Waals surface area contributed by atoms with Crippen LogP contribution in [0.4, 0.5) is 5.69 Å². The molecule has 0 bridgehead atoms. The maximum atomic E-state index is 3.54. The van der Waals surface area contributed by atoms with E-state index in [4.69, 9.17) is 0 Å². The van der Waals surface area contributed by atoms with Crippen LogP contribution >= 0.6 is 0 Å². The average Bonchev–Trinajstić information content (AvgIpc) is 2.46. The molecule has 0 saturated heterocycles. The van der Waals surface area contributed by atoms with Crippen LogP contribution < -0.4 is 5.32 Å². The number of fused-ring (bicyclic) bond motifs is 1. The molecule has 0 atom stereocenters. The Morgan fingerprint density at radius 3 is 2.33 bits per heavy atom. The van der Waals surface area contributed by atoms with Crippen LogP contribution in [0.3, 0.4) is 0 Å². The van der Waals surface area contributed by atoms with Gasteiger partial charge in [-0.25, -0.2) is 0 Å². The average molecular weight is 275 g/mol. The fraction of sp³-hybridized carbons (Fsp3) is 0.200. The largest absolute Gasteiger partial charge is 0.385 e. The first kappa shape index (κ1) is 13.7. The van der Waals surface area contributed by atoms with E-state index in [9.17, 15) is 0 Å². The molecule has 0 amide bonds. The van der Waals surface area contributed by atoms with Crippen molar-refractivity contribution in [3.05, 3.63) is 77.4 Å². The lowest BCUT2D eigenvalue weighted by Gasteiger charge is -2.10. The molecule has 0 aromatic heterocycles. The summed E-state index contributed by atoms with van der Waals surface area (Å²) in [5.74, 6) is 0. The van der Waals surface area contributed by atoms with Gasteiger partial charge in [0.1, 0.15) is 0 Å². The number of hydrogen-bond donors (Lipinski definition) is 1. The quantitative estimate of drug-likeness (QED) is 0.697. The Kier molecular flexibility index (Phi) is 3.92. The summed E-state index contributed by atoms with van der Waals surface area (Å²) in [5.41, 5.74) is 5.24. The predicted molar refractivity (Wildman–Crippen MR) is 92.1 cm³/mol. The topological polar surface area (TPSA) is 12.0 Å². The number of rotatable bonds is 4. The summed E-state index contributed by atoms with van der Waals surface area (Å²) in [5, 5.41) is 6.22.